The topological polar surface area (TPSA) is 60.0 Å². The molecule has 0 spiro atoms. The molecule has 4 rings (SSSR count). The van der Waals surface area contributed by atoms with E-state index in [2.05, 4.69) is 17.4 Å². The van der Waals surface area contributed by atoms with Crippen LogP contribution < -0.4 is 19.5 Å². The number of rotatable bonds is 7. The van der Waals surface area contributed by atoms with E-state index in [1.165, 1.54) is 5.56 Å². The second-order valence-electron chi connectivity index (χ2n) is 7.20. The molecule has 0 aliphatic carbocycles. The smallest absolute Gasteiger partial charge is 0.224 e. The van der Waals surface area contributed by atoms with Crippen molar-refractivity contribution in [3.8, 4) is 17.2 Å². The molecule has 148 valence electrons. The van der Waals surface area contributed by atoms with E-state index in [4.69, 9.17) is 14.2 Å². The Morgan fingerprint density at radius 1 is 1.07 bits per heavy atom. The van der Waals surface area contributed by atoms with Crippen LogP contribution in [0.2, 0.25) is 0 Å². The Hall–Kier alpha value is -2.73. The summed E-state index contributed by atoms with van der Waals surface area (Å²) in [6.07, 6.45) is 1.40. The maximum atomic E-state index is 12.3. The monoisotopic (exact) mass is 382 g/mol. The molecule has 6 heteroatoms. The number of benzene rings is 2. The molecule has 28 heavy (non-hydrogen) atoms. The highest BCUT2D eigenvalue weighted by molar-refractivity contribution is 5.79. The van der Waals surface area contributed by atoms with Crippen molar-refractivity contribution in [3.63, 3.8) is 0 Å². The van der Waals surface area contributed by atoms with Gasteiger partial charge in [0.1, 0.15) is 19.0 Å². The van der Waals surface area contributed by atoms with E-state index >= 15 is 0 Å². The molecule has 0 bridgehead atoms. The zero-order valence-corrected chi connectivity index (χ0v) is 16.1. The standard InChI is InChI=1S/C22H26N2O4/c1-26-19-5-2-16(3-6-19)8-9-24-15-18(13-22(24)25)23-14-17-4-7-20-21(12-17)28-11-10-27-20/h2-7,12,18,23H,8-11,13-15H2,1H3. The Bertz CT molecular complexity index is 822. The Kier molecular flexibility index (Phi) is 5.67. The molecule has 2 aromatic rings. The summed E-state index contributed by atoms with van der Waals surface area (Å²) in [4.78, 5) is 14.3. The lowest BCUT2D eigenvalue weighted by molar-refractivity contribution is -0.127. The zero-order valence-electron chi connectivity index (χ0n) is 16.1. The van der Waals surface area contributed by atoms with Gasteiger partial charge >= 0.3 is 0 Å². The molecule has 1 amide bonds. The van der Waals surface area contributed by atoms with Gasteiger partial charge in [-0.2, -0.15) is 0 Å². The van der Waals surface area contributed by atoms with Crippen molar-refractivity contribution in [3.05, 3.63) is 53.6 Å². The first-order valence-corrected chi connectivity index (χ1v) is 9.74. The number of likely N-dealkylation sites (tertiary alicyclic amines) is 1. The highest BCUT2D eigenvalue weighted by Gasteiger charge is 2.28. The molecular formula is C22H26N2O4. The number of nitrogens with one attached hydrogen (secondary N) is 1. The van der Waals surface area contributed by atoms with Gasteiger partial charge in [-0.3, -0.25) is 4.79 Å². The molecule has 1 N–H and O–H groups in total. The van der Waals surface area contributed by atoms with Crippen LogP contribution in [-0.2, 0) is 17.8 Å². The molecule has 2 heterocycles. The third-order valence-electron chi connectivity index (χ3n) is 5.25. The van der Waals surface area contributed by atoms with Crippen molar-refractivity contribution in [2.24, 2.45) is 0 Å². The van der Waals surface area contributed by atoms with Crippen LogP contribution in [0, 0.1) is 0 Å². The average molecular weight is 382 g/mol. The predicted molar refractivity (Wildman–Crippen MR) is 106 cm³/mol. The van der Waals surface area contributed by atoms with Crippen LogP contribution in [0.3, 0.4) is 0 Å². The number of nitrogens with zero attached hydrogens (tertiary/aromatic N) is 1. The van der Waals surface area contributed by atoms with Crippen LogP contribution >= 0.6 is 0 Å². The molecular weight excluding hydrogens is 356 g/mol. The number of carbonyl (C=O) groups excluding carboxylic acids is 1. The Labute approximate surface area is 165 Å². The second kappa shape index (κ2) is 8.52. The van der Waals surface area contributed by atoms with Crippen LogP contribution in [0.1, 0.15) is 17.5 Å². The van der Waals surface area contributed by atoms with Gasteiger partial charge in [-0.25, -0.2) is 0 Å². The van der Waals surface area contributed by atoms with Crippen molar-refractivity contribution < 1.29 is 19.0 Å². The zero-order chi connectivity index (χ0) is 19.3. The van der Waals surface area contributed by atoms with Gasteiger partial charge in [0.05, 0.1) is 7.11 Å². The SMILES string of the molecule is COc1ccc(CCN2CC(NCc3ccc4c(c3)OCCO4)CC2=O)cc1. The van der Waals surface area contributed by atoms with Crippen molar-refractivity contribution in [1.29, 1.82) is 0 Å². The van der Waals surface area contributed by atoms with Crippen LogP contribution in [0.25, 0.3) is 0 Å². The van der Waals surface area contributed by atoms with Crippen LogP contribution in [0.5, 0.6) is 17.2 Å². The van der Waals surface area contributed by atoms with Gasteiger partial charge in [0, 0.05) is 32.1 Å². The van der Waals surface area contributed by atoms with Crippen molar-refractivity contribution >= 4 is 5.91 Å². The van der Waals surface area contributed by atoms with E-state index in [1.54, 1.807) is 7.11 Å². The fourth-order valence-electron chi connectivity index (χ4n) is 3.64. The van der Waals surface area contributed by atoms with Crippen molar-refractivity contribution in [2.45, 2.75) is 25.4 Å². The first-order valence-electron chi connectivity index (χ1n) is 9.74. The summed E-state index contributed by atoms with van der Waals surface area (Å²) in [5.41, 5.74) is 2.34. The minimum Gasteiger partial charge on any atom is -0.497 e. The summed E-state index contributed by atoms with van der Waals surface area (Å²) in [6.45, 7) is 3.39. The maximum absolute atomic E-state index is 12.3. The van der Waals surface area contributed by atoms with E-state index in [-0.39, 0.29) is 11.9 Å². The summed E-state index contributed by atoms with van der Waals surface area (Å²) in [6, 6.07) is 14.2. The van der Waals surface area contributed by atoms with Gasteiger partial charge in [-0.15, -0.1) is 0 Å². The van der Waals surface area contributed by atoms with Gasteiger partial charge in [-0.1, -0.05) is 18.2 Å². The lowest BCUT2D eigenvalue weighted by atomic mass is 10.1. The first-order chi connectivity index (χ1) is 13.7. The molecule has 0 radical (unpaired) electrons. The van der Waals surface area contributed by atoms with Gasteiger partial charge in [0.15, 0.2) is 11.5 Å². The van der Waals surface area contributed by atoms with E-state index in [0.717, 1.165) is 42.3 Å². The fourth-order valence-corrected chi connectivity index (χ4v) is 3.64. The number of hydrogen-bond acceptors (Lipinski definition) is 5. The van der Waals surface area contributed by atoms with Crippen molar-refractivity contribution in [1.82, 2.24) is 10.2 Å². The van der Waals surface area contributed by atoms with Gasteiger partial charge in [0.2, 0.25) is 5.91 Å². The number of amides is 1. The minimum atomic E-state index is 0.177. The van der Waals surface area contributed by atoms with E-state index < -0.39 is 0 Å². The molecule has 1 unspecified atom stereocenters. The van der Waals surface area contributed by atoms with Crippen LogP contribution in [0.15, 0.2) is 42.5 Å². The largest absolute Gasteiger partial charge is 0.497 e. The van der Waals surface area contributed by atoms with Crippen LogP contribution in [0.4, 0.5) is 0 Å². The summed E-state index contributed by atoms with van der Waals surface area (Å²) < 4.78 is 16.4. The highest BCUT2D eigenvalue weighted by Crippen LogP contribution is 2.30. The molecule has 1 atom stereocenters. The van der Waals surface area contributed by atoms with Crippen molar-refractivity contribution in [2.75, 3.05) is 33.4 Å². The lowest BCUT2D eigenvalue weighted by Gasteiger charge is -2.20. The number of ether oxygens (including phenoxy) is 3. The molecule has 1 fully saturated rings. The van der Waals surface area contributed by atoms with Crippen LogP contribution in [-0.4, -0.2) is 50.3 Å². The number of methoxy groups -OCH3 is 1. The number of hydrogen-bond donors (Lipinski definition) is 1. The van der Waals surface area contributed by atoms with E-state index in [1.807, 2.05) is 35.2 Å². The lowest BCUT2D eigenvalue weighted by Crippen LogP contribution is -2.33. The van der Waals surface area contributed by atoms with Gasteiger partial charge < -0.3 is 24.4 Å². The Morgan fingerprint density at radius 3 is 2.61 bits per heavy atom. The fraction of sp³-hybridized carbons (Fsp3) is 0.409. The molecule has 1 saturated heterocycles. The molecule has 2 aromatic carbocycles. The third-order valence-corrected chi connectivity index (χ3v) is 5.25. The predicted octanol–water partition coefficient (Wildman–Crippen LogP) is 2.40. The molecule has 0 saturated carbocycles. The highest BCUT2D eigenvalue weighted by atomic mass is 16.6. The summed E-state index contributed by atoms with van der Waals surface area (Å²) in [5.74, 6) is 2.67. The Balaban J connectivity index is 1.26. The maximum Gasteiger partial charge on any atom is 0.224 e. The molecule has 2 aliphatic heterocycles. The molecule has 0 aromatic heterocycles. The van der Waals surface area contributed by atoms with E-state index in [0.29, 0.717) is 26.2 Å². The Morgan fingerprint density at radius 2 is 1.82 bits per heavy atom. The second-order valence-corrected chi connectivity index (χ2v) is 7.20. The average Bonchev–Trinajstić information content (AvgIpc) is 3.10. The quantitative estimate of drug-likeness (QED) is 0.797. The normalized spacial score (nSPS) is 18.4. The number of carbonyl (C=O) groups is 1. The third kappa shape index (κ3) is 4.39. The first kappa shape index (κ1) is 18.6. The van der Waals surface area contributed by atoms with Gasteiger partial charge in [0.25, 0.3) is 0 Å². The minimum absolute atomic E-state index is 0.177. The molecule has 2 aliphatic rings. The number of fused-ring (bicyclic) bond motifs is 1. The van der Waals surface area contributed by atoms with E-state index in [9.17, 15) is 4.79 Å². The summed E-state index contributed by atoms with van der Waals surface area (Å²) >= 11 is 0. The molecule has 6 nitrogen and oxygen atoms in total. The summed E-state index contributed by atoms with van der Waals surface area (Å²) in [5, 5.41) is 3.50. The summed E-state index contributed by atoms with van der Waals surface area (Å²) in [7, 11) is 1.66. The van der Waals surface area contributed by atoms with Gasteiger partial charge in [-0.05, 0) is 41.8 Å².